The highest BCUT2D eigenvalue weighted by molar-refractivity contribution is 5.73. The van der Waals surface area contributed by atoms with Crippen molar-refractivity contribution in [1.29, 1.82) is 0 Å². The Hall–Kier alpha value is -0.850. The molecule has 0 N–H and O–H groups in total. The molecule has 0 aromatic rings. The van der Waals surface area contributed by atoms with Crippen molar-refractivity contribution in [3.63, 3.8) is 0 Å². The zero-order valence-corrected chi connectivity index (χ0v) is 12.3. The molecule has 0 amide bonds. The van der Waals surface area contributed by atoms with Gasteiger partial charge in [-0.2, -0.15) is 0 Å². The average Bonchev–Trinajstić information content (AvgIpc) is 2.38. The third-order valence-corrected chi connectivity index (χ3v) is 3.32. The van der Waals surface area contributed by atoms with E-state index in [4.69, 9.17) is 0 Å². The second kappa shape index (κ2) is 12.6. The fourth-order valence-electron chi connectivity index (χ4n) is 2.20. The first-order chi connectivity index (χ1) is 8.78. The fourth-order valence-corrected chi connectivity index (χ4v) is 2.20. The molecule has 0 aromatic carbocycles. The maximum absolute atomic E-state index is 11.1. The standard InChI is InChI=1S/C17H30O/c1-4-7-9-12-16(11-6-3)14-17(15-18)13-10-8-5-2/h6,14-16H,3-5,7-13H2,1-2H3/b17-14+. The van der Waals surface area contributed by atoms with Crippen LogP contribution in [-0.4, -0.2) is 6.29 Å². The summed E-state index contributed by atoms with van der Waals surface area (Å²) in [5.74, 6) is 0.510. The zero-order chi connectivity index (χ0) is 13.6. The van der Waals surface area contributed by atoms with Crippen LogP contribution in [0.5, 0.6) is 0 Å². The van der Waals surface area contributed by atoms with Crippen LogP contribution in [0.15, 0.2) is 24.3 Å². The van der Waals surface area contributed by atoms with E-state index in [1.54, 1.807) is 0 Å². The van der Waals surface area contributed by atoms with Crippen molar-refractivity contribution in [3.8, 4) is 0 Å². The molecule has 0 aromatic heterocycles. The van der Waals surface area contributed by atoms with Crippen LogP contribution in [0.4, 0.5) is 0 Å². The van der Waals surface area contributed by atoms with Crippen LogP contribution in [0, 0.1) is 5.92 Å². The van der Waals surface area contributed by atoms with Gasteiger partial charge in [0.25, 0.3) is 0 Å². The predicted molar refractivity (Wildman–Crippen MR) is 80.7 cm³/mol. The van der Waals surface area contributed by atoms with E-state index < -0.39 is 0 Å². The molecule has 1 heteroatoms. The number of hydrogen-bond donors (Lipinski definition) is 0. The molecule has 0 rings (SSSR count). The Kier molecular flexibility index (Phi) is 12.0. The van der Waals surface area contributed by atoms with Gasteiger partial charge >= 0.3 is 0 Å². The topological polar surface area (TPSA) is 17.1 Å². The largest absolute Gasteiger partial charge is 0.298 e. The smallest absolute Gasteiger partial charge is 0.145 e. The number of carbonyl (C=O) groups is 1. The molecule has 18 heavy (non-hydrogen) atoms. The van der Waals surface area contributed by atoms with Gasteiger partial charge in [-0.25, -0.2) is 0 Å². The van der Waals surface area contributed by atoms with Crippen molar-refractivity contribution < 1.29 is 4.79 Å². The monoisotopic (exact) mass is 250 g/mol. The molecule has 0 aliphatic carbocycles. The van der Waals surface area contributed by atoms with Crippen molar-refractivity contribution in [2.75, 3.05) is 0 Å². The van der Waals surface area contributed by atoms with Crippen LogP contribution in [0.25, 0.3) is 0 Å². The van der Waals surface area contributed by atoms with Crippen molar-refractivity contribution in [3.05, 3.63) is 24.3 Å². The predicted octanol–water partition coefficient (Wildman–Crippen LogP) is 5.46. The SMILES string of the molecule is C=CCC(/C=C(/C=O)CCCCC)CCCCC. The number of hydrogen-bond acceptors (Lipinski definition) is 1. The summed E-state index contributed by atoms with van der Waals surface area (Å²) in [4.78, 5) is 11.1. The second-order valence-corrected chi connectivity index (χ2v) is 5.10. The van der Waals surface area contributed by atoms with E-state index in [1.165, 1.54) is 38.5 Å². The fraction of sp³-hybridized carbons (Fsp3) is 0.706. The lowest BCUT2D eigenvalue weighted by atomic mass is 9.94. The van der Waals surface area contributed by atoms with E-state index in [2.05, 4.69) is 26.5 Å². The minimum absolute atomic E-state index is 0.510. The summed E-state index contributed by atoms with van der Waals surface area (Å²) in [6.07, 6.45) is 15.7. The first-order valence-electron chi connectivity index (χ1n) is 7.55. The summed E-state index contributed by atoms with van der Waals surface area (Å²) in [6.45, 7) is 8.23. The van der Waals surface area contributed by atoms with Gasteiger partial charge in [0, 0.05) is 0 Å². The Balaban J connectivity index is 4.26. The molecule has 104 valence electrons. The molecule has 0 aliphatic rings. The summed E-state index contributed by atoms with van der Waals surface area (Å²) in [6, 6.07) is 0. The van der Waals surface area contributed by atoms with E-state index in [9.17, 15) is 4.79 Å². The number of rotatable bonds is 12. The Morgan fingerprint density at radius 1 is 1.11 bits per heavy atom. The van der Waals surface area contributed by atoms with Crippen LogP contribution in [0.1, 0.15) is 71.6 Å². The molecule has 1 unspecified atom stereocenters. The Morgan fingerprint density at radius 2 is 1.78 bits per heavy atom. The van der Waals surface area contributed by atoms with Crippen LogP contribution < -0.4 is 0 Å². The molecular weight excluding hydrogens is 220 g/mol. The summed E-state index contributed by atoms with van der Waals surface area (Å²) in [7, 11) is 0. The maximum atomic E-state index is 11.1. The molecule has 0 saturated carbocycles. The van der Waals surface area contributed by atoms with Crippen LogP contribution in [0.2, 0.25) is 0 Å². The third kappa shape index (κ3) is 9.21. The zero-order valence-electron chi connectivity index (χ0n) is 12.3. The minimum atomic E-state index is 0.510. The third-order valence-electron chi connectivity index (χ3n) is 3.32. The Morgan fingerprint density at radius 3 is 2.33 bits per heavy atom. The van der Waals surface area contributed by atoms with Crippen LogP contribution in [-0.2, 0) is 4.79 Å². The molecule has 0 radical (unpaired) electrons. The van der Waals surface area contributed by atoms with Gasteiger partial charge < -0.3 is 0 Å². The minimum Gasteiger partial charge on any atom is -0.298 e. The van der Waals surface area contributed by atoms with E-state index in [1.807, 2.05) is 6.08 Å². The van der Waals surface area contributed by atoms with Crippen molar-refractivity contribution in [1.82, 2.24) is 0 Å². The van der Waals surface area contributed by atoms with Crippen molar-refractivity contribution >= 4 is 6.29 Å². The first-order valence-corrected chi connectivity index (χ1v) is 7.55. The molecule has 1 atom stereocenters. The molecule has 0 bridgehead atoms. The maximum Gasteiger partial charge on any atom is 0.145 e. The van der Waals surface area contributed by atoms with Gasteiger partial charge in [0.15, 0.2) is 0 Å². The summed E-state index contributed by atoms with van der Waals surface area (Å²) in [5, 5.41) is 0. The van der Waals surface area contributed by atoms with Gasteiger partial charge in [-0.05, 0) is 37.2 Å². The van der Waals surface area contributed by atoms with E-state index >= 15 is 0 Å². The second-order valence-electron chi connectivity index (χ2n) is 5.10. The van der Waals surface area contributed by atoms with Gasteiger partial charge in [0.1, 0.15) is 6.29 Å². The van der Waals surface area contributed by atoms with Crippen LogP contribution >= 0.6 is 0 Å². The number of allylic oxidation sites excluding steroid dienone is 3. The highest BCUT2D eigenvalue weighted by Crippen LogP contribution is 2.19. The van der Waals surface area contributed by atoms with Crippen molar-refractivity contribution in [2.45, 2.75) is 71.6 Å². The van der Waals surface area contributed by atoms with E-state index in [-0.39, 0.29) is 0 Å². The van der Waals surface area contributed by atoms with Gasteiger partial charge in [-0.15, -0.1) is 6.58 Å². The lowest BCUT2D eigenvalue weighted by Crippen LogP contribution is -1.99. The van der Waals surface area contributed by atoms with Gasteiger partial charge in [0.2, 0.25) is 0 Å². The van der Waals surface area contributed by atoms with Crippen molar-refractivity contribution in [2.24, 2.45) is 5.92 Å². The van der Waals surface area contributed by atoms with Gasteiger partial charge in [-0.1, -0.05) is 58.1 Å². The number of carbonyl (C=O) groups excluding carboxylic acids is 1. The lowest BCUT2D eigenvalue weighted by Gasteiger charge is -2.11. The molecular formula is C17H30O. The molecule has 0 heterocycles. The highest BCUT2D eigenvalue weighted by Gasteiger charge is 2.05. The van der Waals surface area contributed by atoms with Gasteiger partial charge in [0.05, 0.1) is 0 Å². The molecule has 0 aliphatic heterocycles. The lowest BCUT2D eigenvalue weighted by molar-refractivity contribution is -0.105. The van der Waals surface area contributed by atoms with Crippen LogP contribution in [0.3, 0.4) is 0 Å². The summed E-state index contributed by atoms with van der Waals surface area (Å²) in [5.41, 5.74) is 0.992. The number of aldehydes is 1. The quantitative estimate of drug-likeness (QED) is 0.194. The highest BCUT2D eigenvalue weighted by atomic mass is 16.1. The normalized spacial score (nSPS) is 13.3. The van der Waals surface area contributed by atoms with E-state index in [0.29, 0.717) is 5.92 Å². The molecule has 0 spiro atoms. The summed E-state index contributed by atoms with van der Waals surface area (Å²) < 4.78 is 0. The Labute approximate surface area is 113 Å². The average molecular weight is 250 g/mol. The Bertz CT molecular complexity index is 240. The molecule has 0 saturated heterocycles. The number of unbranched alkanes of at least 4 members (excludes halogenated alkanes) is 4. The first kappa shape index (κ1) is 17.2. The summed E-state index contributed by atoms with van der Waals surface area (Å²) >= 11 is 0. The van der Waals surface area contributed by atoms with E-state index in [0.717, 1.165) is 31.1 Å². The molecule has 1 nitrogen and oxygen atoms in total. The van der Waals surface area contributed by atoms with Gasteiger partial charge in [-0.3, -0.25) is 4.79 Å². The molecule has 0 fully saturated rings.